The molecule has 1 nitrogen and oxygen atoms in total. The maximum Gasteiger partial charge on any atom is -0.00268 e. The highest BCUT2D eigenvalue weighted by atomic mass is 14.5. The number of hydrogen-bond donors (Lipinski definition) is 1. The second-order valence-corrected chi connectivity index (χ2v) is 3.56. The highest BCUT2D eigenvalue weighted by molar-refractivity contribution is 5.39. The summed E-state index contributed by atoms with van der Waals surface area (Å²) in [6.07, 6.45) is 11.0. The Morgan fingerprint density at radius 3 is 2.62 bits per heavy atom. The fourth-order valence-corrected chi connectivity index (χ4v) is 1.91. The van der Waals surface area contributed by atoms with Crippen LogP contribution < -0.4 is 5.73 Å². The molecule has 0 amide bonds. The first-order chi connectivity index (χ1) is 6.29. The third-order valence-corrected chi connectivity index (χ3v) is 2.60. The van der Waals surface area contributed by atoms with Crippen LogP contribution in [0, 0.1) is 0 Å². The molecule has 1 aliphatic carbocycles. The SMILES string of the molecule is C\C=C/C(C)=C1/CCCC/C1=C\N. The molecule has 72 valence electrons. The molecule has 0 saturated heterocycles. The van der Waals surface area contributed by atoms with Gasteiger partial charge < -0.3 is 5.73 Å². The third-order valence-electron chi connectivity index (χ3n) is 2.60. The van der Waals surface area contributed by atoms with Crippen molar-refractivity contribution in [2.45, 2.75) is 39.5 Å². The van der Waals surface area contributed by atoms with Gasteiger partial charge in [0.2, 0.25) is 0 Å². The van der Waals surface area contributed by atoms with Crippen LogP contribution in [0.15, 0.2) is 35.1 Å². The van der Waals surface area contributed by atoms with Gasteiger partial charge in [0.1, 0.15) is 0 Å². The average Bonchev–Trinajstić information content (AvgIpc) is 2.18. The Kier molecular flexibility index (Phi) is 3.81. The minimum Gasteiger partial charge on any atom is -0.404 e. The van der Waals surface area contributed by atoms with Crippen LogP contribution in [0.1, 0.15) is 39.5 Å². The highest BCUT2D eigenvalue weighted by Crippen LogP contribution is 2.30. The summed E-state index contributed by atoms with van der Waals surface area (Å²) in [4.78, 5) is 0. The molecule has 1 saturated carbocycles. The average molecular weight is 177 g/mol. The molecule has 2 N–H and O–H groups in total. The molecule has 1 aliphatic rings. The molecule has 0 aromatic carbocycles. The van der Waals surface area contributed by atoms with Crippen molar-refractivity contribution in [1.29, 1.82) is 0 Å². The van der Waals surface area contributed by atoms with Gasteiger partial charge in [-0.05, 0) is 62.5 Å². The van der Waals surface area contributed by atoms with E-state index in [0.717, 1.165) is 6.42 Å². The maximum absolute atomic E-state index is 5.61. The van der Waals surface area contributed by atoms with Gasteiger partial charge in [0, 0.05) is 0 Å². The summed E-state index contributed by atoms with van der Waals surface area (Å²) in [6, 6.07) is 0. The molecule has 0 spiro atoms. The van der Waals surface area contributed by atoms with Crippen LogP contribution >= 0.6 is 0 Å². The second kappa shape index (κ2) is 4.90. The normalized spacial score (nSPS) is 25.5. The predicted octanol–water partition coefficient (Wildman–Crippen LogP) is 3.30. The van der Waals surface area contributed by atoms with E-state index in [4.69, 9.17) is 5.73 Å². The van der Waals surface area contributed by atoms with Crippen molar-refractivity contribution in [2.75, 3.05) is 0 Å². The summed E-state index contributed by atoms with van der Waals surface area (Å²) < 4.78 is 0. The van der Waals surface area contributed by atoms with Crippen molar-refractivity contribution < 1.29 is 0 Å². The largest absolute Gasteiger partial charge is 0.404 e. The van der Waals surface area contributed by atoms with E-state index in [1.807, 2.05) is 0 Å². The summed E-state index contributed by atoms with van der Waals surface area (Å²) in [7, 11) is 0. The molecule has 0 radical (unpaired) electrons. The Bertz CT molecular complexity index is 256. The van der Waals surface area contributed by atoms with Crippen molar-refractivity contribution in [3.8, 4) is 0 Å². The van der Waals surface area contributed by atoms with Crippen LogP contribution in [0.5, 0.6) is 0 Å². The molecule has 0 atom stereocenters. The molecule has 13 heavy (non-hydrogen) atoms. The Labute approximate surface area is 81.0 Å². The molecule has 1 heteroatoms. The van der Waals surface area contributed by atoms with Gasteiger partial charge >= 0.3 is 0 Å². The zero-order chi connectivity index (χ0) is 9.68. The standard InChI is InChI=1S/C12H19N/c1-3-6-10(2)12-8-5-4-7-11(12)9-13/h3,6,9H,4-5,7-8,13H2,1-2H3/b6-3-,11-9+,12-10-. The smallest absolute Gasteiger partial charge is 0.00268 e. The van der Waals surface area contributed by atoms with E-state index in [-0.39, 0.29) is 0 Å². The van der Waals surface area contributed by atoms with E-state index in [1.54, 1.807) is 6.20 Å². The lowest BCUT2D eigenvalue weighted by molar-refractivity contribution is 0.674. The van der Waals surface area contributed by atoms with E-state index in [9.17, 15) is 0 Å². The lowest BCUT2D eigenvalue weighted by Gasteiger charge is -2.19. The number of hydrogen-bond acceptors (Lipinski definition) is 1. The molecular formula is C12H19N. The zero-order valence-corrected chi connectivity index (χ0v) is 8.64. The van der Waals surface area contributed by atoms with Crippen LogP contribution in [-0.4, -0.2) is 0 Å². The summed E-state index contributed by atoms with van der Waals surface area (Å²) in [5.74, 6) is 0. The van der Waals surface area contributed by atoms with Crippen LogP contribution in [0.3, 0.4) is 0 Å². The fraction of sp³-hybridized carbons (Fsp3) is 0.500. The predicted molar refractivity (Wildman–Crippen MR) is 58.3 cm³/mol. The van der Waals surface area contributed by atoms with Crippen LogP contribution in [0.25, 0.3) is 0 Å². The summed E-state index contributed by atoms with van der Waals surface area (Å²) >= 11 is 0. The Balaban J connectivity index is 2.92. The monoisotopic (exact) mass is 177 g/mol. The zero-order valence-electron chi connectivity index (χ0n) is 8.64. The minimum atomic E-state index is 1.15. The van der Waals surface area contributed by atoms with Gasteiger partial charge in [-0.2, -0.15) is 0 Å². The van der Waals surface area contributed by atoms with Gasteiger partial charge in [0.15, 0.2) is 0 Å². The second-order valence-electron chi connectivity index (χ2n) is 3.56. The lowest BCUT2D eigenvalue weighted by Crippen LogP contribution is -2.02. The van der Waals surface area contributed by atoms with Gasteiger partial charge in [-0.1, -0.05) is 12.2 Å². The fourth-order valence-electron chi connectivity index (χ4n) is 1.91. The van der Waals surface area contributed by atoms with E-state index in [2.05, 4.69) is 26.0 Å². The van der Waals surface area contributed by atoms with Crippen LogP contribution in [0.2, 0.25) is 0 Å². The molecule has 1 rings (SSSR count). The van der Waals surface area contributed by atoms with Crippen LogP contribution in [0.4, 0.5) is 0 Å². The van der Waals surface area contributed by atoms with Crippen LogP contribution in [-0.2, 0) is 0 Å². The first-order valence-corrected chi connectivity index (χ1v) is 5.03. The molecular weight excluding hydrogens is 158 g/mol. The summed E-state index contributed by atoms with van der Waals surface area (Å²) in [6.45, 7) is 4.23. The highest BCUT2D eigenvalue weighted by Gasteiger charge is 2.12. The van der Waals surface area contributed by atoms with Gasteiger partial charge in [0.25, 0.3) is 0 Å². The topological polar surface area (TPSA) is 26.0 Å². The molecule has 0 heterocycles. The molecule has 0 unspecified atom stereocenters. The van der Waals surface area contributed by atoms with Crippen molar-refractivity contribution in [3.05, 3.63) is 35.1 Å². The van der Waals surface area contributed by atoms with E-state index in [0.29, 0.717) is 0 Å². The van der Waals surface area contributed by atoms with Gasteiger partial charge in [-0.15, -0.1) is 0 Å². The number of rotatable bonds is 1. The Morgan fingerprint density at radius 2 is 2.00 bits per heavy atom. The maximum atomic E-state index is 5.61. The molecule has 0 aliphatic heterocycles. The molecule has 0 aromatic heterocycles. The number of allylic oxidation sites excluding steroid dienone is 5. The Hall–Kier alpha value is -0.980. The van der Waals surface area contributed by atoms with E-state index >= 15 is 0 Å². The lowest BCUT2D eigenvalue weighted by atomic mass is 9.87. The van der Waals surface area contributed by atoms with Crippen molar-refractivity contribution in [1.82, 2.24) is 0 Å². The van der Waals surface area contributed by atoms with Gasteiger partial charge in [-0.25, -0.2) is 0 Å². The van der Waals surface area contributed by atoms with Gasteiger partial charge in [-0.3, -0.25) is 0 Å². The molecule has 1 fully saturated rings. The first-order valence-electron chi connectivity index (χ1n) is 5.03. The first kappa shape index (κ1) is 10.1. The summed E-state index contributed by atoms with van der Waals surface area (Å²) in [5.41, 5.74) is 9.79. The van der Waals surface area contributed by atoms with Crippen molar-refractivity contribution in [2.24, 2.45) is 5.73 Å². The number of nitrogens with two attached hydrogens (primary N) is 1. The minimum absolute atomic E-state index is 1.15. The van der Waals surface area contributed by atoms with Gasteiger partial charge in [0.05, 0.1) is 0 Å². The van der Waals surface area contributed by atoms with E-state index in [1.165, 1.54) is 36.0 Å². The van der Waals surface area contributed by atoms with Crippen molar-refractivity contribution in [3.63, 3.8) is 0 Å². The quantitative estimate of drug-likeness (QED) is 0.653. The molecule has 0 bridgehead atoms. The molecule has 0 aromatic rings. The van der Waals surface area contributed by atoms with E-state index < -0.39 is 0 Å². The third kappa shape index (κ3) is 2.48. The van der Waals surface area contributed by atoms with Crippen molar-refractivity contribution >= 4 is 0 Å². The summed E-state index contributed by atoms with van der Waals surface area (Å²) in [5, 5.41) is 0. The Morgan fingerprint density at radius 1 is 1.31 bits per heavy atom.